The van der Waals surface area contributed by atoms with Gasteiger partial charge in [-0.3, -0.25) is 9.88 Å². The van der Waals surface area contributed by atoms with Crippen molar-refractivity contribution in [1.29, 1.82) is 0 Å². The fraction of sp³-hybridized carbons (Fsp3) is 0.579. The Hall–Kier alpha value is -1.30. The number of thiazole rings is 1. The summed E-state index contributed by atoms with van der Waals surface area (Å²) in [5.41, 5.74) is 2.52. The van der Waals surface area contributed by atoms with E-state index in [1.807, 2.05) is 36.6 Å². The van der Waals surface area contributed by atoms with Gasteiger partial charge >= 0.3 is 0 Å². The molecular weight excluding hydrogens is 318 g/mol. The number of rotatable bonds is 3. The number of hydrogen-bond donors (Lipinski definition) is 1. The number of aromatic nitrogens is 2. The lowest BCUT2D eigenvalue weighted by Crippen LogP contribution is -2.42. The van der Waals surface area contributed by atoms with Crippen LogP contribution in [0.25, 0.3) is 0 Å². The molecule has 2 aromatic rings. The first-order valence-corrected chi connectivity index (χ1v) is 9.79. The van der Waals surface area contributed by atoms with Crippen molar-refractivity contribution in [2.24, 2.45) is 0 Å². The number of likely N-dealkylation sites (tertiary alicyclic amines) is 1. The largest absolute Gasteiger partial charge is 0.383 e. The van der Waals surface area contributed by atoms with Crippen molar-refractivity contribution in [3.8, 4) is 0 Å². The molecule has 4 rings (SSSR count). The van der Waals surface area contributed by atoms with Crippen LogP contribution in [0.2, 0.25) is 0 Å². The maximum Gasteiger partial charge on any atom is 0.109 e. The molecule has 3 heterocycles. The van der Waals surface area contributed by atoms with Gasteiger partial charge in [-0.15, -0.1) is 11.3 Å². The number of aryl methyl sites for hydroxylation is 3. The Bertz CT molecular complexity index is 678. The number of piperidine rings is 1. The van der Waals surface area contributed by atoms with Gasteiger partial charge in [-0.25, -0.2) is 4.98 Å². The highest BCUT2D eigenvalue weighted by atomic mass is 32.1. The Morgan fingerprint density at radius 2 is 2.00 bits per heavy atom. The summed E-state index contributed by atoms with van der Waals surface area (Å²) in [5, 5.41) is 12.2. The van der Waals surface area contributed by atoms with Crippen molar-refractivity contribution in [3.63, 3.8) is 0 Å². The van der Waals surface area contributed by atoms with E-state index in [4.69, 9.17) is 4.98 Å². The van der Waals surface area contributed by atoms with E-state index < -0.39 is 5.60 Å². The van der Waals surface area contributed by atoms with Crippen LogP contribution in [-0.2, 0) is 25.0 Å². The highest BCUT2D eigenvalue weighted by molar-refractivity contribution is 7.11. The van der Waals surface area contributed by atoms with E-state index in [0.29, 0.717) is 0 Å². The van der Waals surface area contributed by atoms with Crippen molar-refractivity contribution in [1.82, 2.24) is 14.9 Å². The van der Waals surface area contributed by atoms with Gasteiger partial charge in [0.25, 0.3) is 0 Å². The second kappa shape index (κ2) is 6.54. The van der Waals surface area contributed by atoms with Crippen molar-refractivity contribution in [3.05, 3.63) is 45.2 Å². The molecule has 0 unspecified atom stereocenters. The normalized spacial score (nSPS) is 20.8. The maximum absolute atomic E-state index is 10.9. The van der Waals surface area contributed by atoms with Gasteiger partial charge in [0, 0.05) is 24.2 Å². The molecule has 0 radical (unpaired) electrons. The molecule has 24 heavy (non-hydrogen) atoms. The van der Waals surface area contributed by atoms with Crippen LogP contribution in [0, 0.1) is 6.92 Å². The third kappa shape index (κ3) is 3.25. The third-order valence-electron chi connectivity index (χ3n) is 5.32. The van der Waals surface area contributed by atoms with Gasteiger partial charge in [0.1, 0.15) is 10.6 Å². The average molecular weight is 343 g/mol. The van der Waals surface area contributed by atoms with Gasteiger partial charge in [-0.2, -0.15) is 0 Å². The standard InChI is InChI=1S/C19H25N3OS/c1-14-6-7-17(20-12-14)19(23)8-10-22(11-9-19)13-18-21-15-4-2-3-5-16(15)24-18/h6-7,12,23H,2-5,8-11,13H2,1H3. The molecule has 2 aliphatic rings. The molecule has 0 spiro atoms. The Labute approximate surface area is 147 Å². The highest BCUT2D eigenvalue weighted by Crippen LogP contribution is 2.33. The molecule has 0 saturated carbocycles. The SMILES string of the molecule is Cc1ccc(C2(O)CCN(Cc3nc4c(s3)CCCC4)CC2)nc1. The smallest absolute Gasteiger partial charge is 0.109 e. The van der Waals surface area contributed by atoms with Gasteiger partial charge in [0.2, 0.25) is 0 Å². The van der Waals surface area contributed by atoms with E-state index >= 15 is 0 Å². The zero-order valence-electron chi connectivity index (χ0n) is 14.3. The van der Waals surface area contributed by atoms with Crippen LogP contribution in [0.5, 0.6) is 0 Å². The number of pyridine rings is 1. The van der Waals surface area contributed by atoms with Crippen LogP contribution in [-0.4, -0.2) is 33.1 Å². The molecule has 0 aromatic carbocycles. The molecule has 1 fully saturated rings. The van der Waals surface area contributed by atoms with Gasteiger partial charge in [-0.1, -0.05) is 6.07 Å². The molecule has 1 aliphatic heterocycles. The van der Waals surface area contributed by atoms with E-state index in [9.17, 15) is 5.11 Å². The van der Waals surface area contributed by atoms with Crippen LogP contribution in [0.4, 0.5) is 0 Å². The van der Waals surface area contributed by atoms with Crippen molar-refractivity contribution in [2.75, 3.05) is 13.1 Å². The van der Waals surface area contributed by atoms with Crippen molar-refractivity contribution in [2.45, 2.75) is 57.6 Å². The first-order valence-electron chi connectivity index (χ1n) is 8.98. The third-order valence-corrected chi connectivity index (χ3v) is 6.46. The molecule has 4 nitrogen and oxygen atoms in total. The van der Waals surface area contributed by atoms with Gasteiger partial charge in [-0.05, 0) is 57.1 Å². The molecular formula is C19H25N3OS. The number of aliphatic hydroxyl groups is 1. The average Bonchev–Trinajstić information content (AvgIpc) is 3.00. The van der Waals surface area contributed by atoms with Gasteiger partial charge in [0.05, 0.1) is 17.9 Å². The van der Waals surface area contributed by atoms with Gasteiger partial charge < -0.3 is 5.11 Å². The van der Waals surface area contributed by atoms with Crippen LogP contribution >= 0.6 is 11.3 Å². The second-order valence-corrected chi connectivity index (χ2v) is 8.38. The summed E-state index contributed by atoms with van der Waals surface area (Å²) in [4.78, 5) is 13.2. The minimum Gasteiger partial charge on any atom is -0.383 e. The molecule has 0 amide bonds. The monoisotopic (exact) mass is 343 g/mol. The quantitative estimate of drug-likeness (QED) is 0.930. The molecule has 1 saturated heterocycles. The number of hydrogen-bond acceptors (Lipinski definition) is 5. The predicted octanol–water partition coefficient (Wildman–Crippen LogP) is 3.21. The van der Waals surface area contributed by atoms with Crippen molar-refractivity contribution < 1.29 is 5.11 Å². The number of fused-ring (bicyclic) bond motifs is 1. The topological polar surface area (TPSA) is 49.2 Å². The summed E-state index contributed by atoms with van der Waals surface area (Å²) in [6, 6.07) is 4.01. The Morgan fingerprint density at radius 3 is 2.71 bits per heavy atom. The summed E-state index contributed by atoms with van der Waals surface area (Å²) >= 11 is 1.90. The van der Waals surface area contributed by atoms with Crippen LogP contribution in [0.3, 0.4) is 0 Å². The molecule has 128 valence electrons. The second-order valence-electron chi connectivity index (χ2n) is 7.21. The fourth-order valence-electron chi connectivity index (χ4n) is 3.74. The molecule has 1 N–H and O–H groups in total. The molecule has 5 heteroatoms. The minimum atomic E-state index is -0.772. The lowest BCUT2D eigenvalue weighted by atomic mass is 9.87. The minimum absolute atomic E-state index is 0.744. The van der Waals surface area contributed by atoms with Crippen LogP contribution < -0.4 is 0 Å². The Morgan fingerprint density at radius 1 is 1.21 bits per heavy atom. The predicted molar refractivity (Wildman–Crippen MR) is 96.1 cm³/mol. The first kappa shape index (κ1) is 16.2. The Balaban J connectivity index is 1.39. The zero-order valence-corrected chi connectivity index (χ0v) is 15.1. The van der Waals surface area contributed by atoms with E-state index in [1.54, 1.807) is 0 Å². The molecule has 0 bridgehead atoms. The zero-order chi connectivity index (χ0) is 16.6. The molecule has 2 aromatic heterocycles. The Kier molecular flexibility index (Phi) is 4.41. The van der Waals surface area contributed by atoms with E-state index in [0.717, 1.165) is 50.2 Å². The lowest BCUT2D eigenvalue weighted by molar-refractivity contribution is -0.0311. The van der Waals surface area contributed by atoms with E-state index in [-0.39, 0.29) is 0 Å². The maximum atomic E-state index is 10.9. The summed E-state index contributed by atoms with van der Waals surface area (Å²) in [5.74, 6) is 0. The van der Waals surface area contributed by atoms with Crippen LogP contribution in [0.15, 0.2) is 18.3 Å². The summed E-state index contributed by atoms with van der Waals surface area (Å²) < 4.78 is 0. The first-order chi connectivity index (χ1) is 11.6. The number of nitrogens with zero attached hydrogens (tertiary/aromatic N) is 3. The van der Waals surface area contributed by atoms with Crippen LogP contribution in [0.1, 0.15) is 52.5 Å². The molecule has 0 atom stereocenters. The summed E-state index contributed by atoms with van der Waals surface area (Å²) in [6.45, 7) is 4.75. The van der Waals surface area contributed by atoms with E-state index in [1.165, 1.54) is 34.8 Å². The summed E-state index contributed by atoms with van der Waals surface area (Å²) in [6.07, 6.45) is 8.31. The molecule has 1 aliphatic carbocycles. The van der Waals surface area contributed by atoms with Crippen molar-refractivity contribution >= 4 is 11.3 Å². The van der Waals surface area contributed by atoms with E-state index in [2.05, 4.69) is 9.88 Å². The van der Waals surface area contributed by atoms with Gasteiger partial charge in [0.15, 0.2) is 0 Å². The fourth-order valence-corrected chi connectivity index (χ4v) is 4.94. The highest BCUT2D eigenvalue weighted by Gasteiger charge is 2.35. The summed E-state index contributed by atoms with van der Waals surface area (Å²) in [7, 11) is 0. The lowest BCUT2D eigenvalue weighted by Gasteiger charge is -2.37.